The van der Waals surface area contributed by atoms with Crippen molar-refractivity contribution in [3.05, 3.63) is 107 Å². The predicted molar refractivity (Wildman–Crippen MR) is 102 cm³/mol. The molecule has 0 unspecified atom stereocenters. The quantitative estimate of drug-likeness (QED) is 0.692. The van der Waals surface area contributed by atoms with Gasteiger partial charge < -0.3 is 5.32 Å². The average molecular weight is 324 g/mol. The monoisotopic (exact) mass is 324 g/mol. The molecule has 1 N–H and O–H groups in total. The topological polar surface area (TPSA) is 41.5 Å². The van der Waals surface area contributed by atoms with Crippen molar-refractivity contribution < 1.29 is 4.79 Å². The molecule has 3 aromatic carbocycles. The fraction of sp³-hybridized carbons (Fsp3) is 0. The van der Waals surface area contributed by atoms with Gasteiger partial charge in [-0.25, -0.2) is 4.99 Å². The molecule has 0 spiro atoms. The van der Waals surface area contributed by atoms with Gasteiger partial charge in [-0.1, -0.05) is 78.9 Å². The lowest BCUT2D eigenvalue weighted by atomic mass is 10.0. The summed E-state index contributed by atoms with van der Waals surface area (Å²) in [7, 11) is 0. The van der Waals surface area contributed by atoms with Gasteiger partial charge in [0.15, 0.2) is 0 Å². The highest BCUT2D eigenvalue weighted by atomic mass is 16.2. The highest BCUT2D eigenvalue weighted by Gasteiger charge is 2.21. The summed E-state index contributed by atoms with van der Waals surface area (Å²) in [5.74, 6) is -0.206. The van der Waals surface area contributed by atoms with E-state index in [9.17, 15) is 4.79 Å². The third kappa shape index (κ3) is 3.12. The number of benzene rings is 3. The molecule has 1 aliphatic rings. The van der Waals surface area contributed by atoms with Crippen molar-refractivity contribution in [2.45, 2.75) is 0 Å². The lowest BCUT2D eigenvalue weighted by molar-refractivity contribution is -0.112. The molecule has 25 heavy (non-hydrogen) atoms. The third-order valence-corrected chi connectivity index (χ3v) is 4.05. The first kappa shape index (κ1) is 15.1. The molecule has 0 saturated heterocycles. The molecule has 0 radical (unpaired) electrons. The zero-order valence-corrected chi connectivity index (χ0v) is 13.5. The Morgan fingerprint density at radius 2 is 1.40 bits per heavy atom. The maximum Gasteiger partial charge on any atom is 0.274 e. The van der Waals surface area contributed by atoms with Crippen LogP contribution >= 0.6 is 0 Å². The number of nitrogens with zero attached hydrogens (tertiary/aromatic N) is 1. The average Bonchev–Trinajstić information content (AvgIpc) is 2.80. The number of hydrogen-bond donors (Lipinski definition) is 1. The molecule has 0 aliphatic carbocycles. The van der Waals surface area contributed by atoms with Crippen LogP contribution in [0.1, 0.15) is 16.7 Å². The Labute approximate surface area is 146 Å². The molecule has 120 valence electrons. The van der Waals surface area contributed by atoms with Crippen molar-refractivity contribution >= 4 is 23.4 Å². The summed E-state index contributed by atoms with van der Waals surface area (Å²) < 4.78 is 0. The van der Waals surface area contributed by atoms with Crippen molar-refractivity contribution in [1.29, 1.82) is 0 Å². The van der Waals surface area contributed by atoms with Gasteiger partial charge in [0.1, 0.15) is 5.70 Å². The van der Waals surface area contributed by atoms with Gasteiger partial charge in [-0.3, -0.25) is 4.79 Å². The van der Waals surface area contributed by atoms with E-state index in [1.54, 1.807) is 0 Å². The number of nitrogens with one attached hydrogen (secondary N) is 1. The lowest BCUT2D eigenvalue weighted by Crippen LogP contribution is -2.12. The van der Waals surface area contributed by atoms with Gasteiger partial charge in [-0.05, 0) is 17.7 Å². The molecular formula is C22H16N2O. The van der Waals surface area contributed by atoms with Crippen LogP contribution in [0, 0.1) is 0 Å². The number of carbonyl (C=O) groups is 1. The zero-order chi connectivity index (χ0) is 17.1. The van der Waals surface area contributed by atoms with Gasteiger partial charge in [0.05, 0.1) is 11.4 Å². The second-order valence-electron chi connectivity index (χ2n) is 5.77. The SMILES string of the molecule is O=C1Nc2ccccc2C(c2ccccc2)=N/C1=C/c1ccccc1. The number of carbonyl (C=O) groups excluding carboxylic acids is 1. The number of fused-ring (bicyclic) bond motifs is 1. The van der Waals surface area contributed by atoms with Gasteiger partial charge in [0, 0.05) is 11.1 Å². The molecule has 1 heterocycles. The Hall–Kier alpha value is -3.46. The minimum atomic E-state index is -0.206. The smallest absolute Gasteiger partial charge is 0.274 e. The minimum absolute atomic E-state index is 0.206. The van der Waals surface area contributed by atoms with Crippen LogP contribution in [-0.4, -0.2) is 11.6 Å². The summed E-state index contributed by atoms with van der Waals surface area (Å²) in [5, 5.41) is 2.97. The van der Waals surface area contributed by atoms with Crippen LogP contribution in [0.15, 0.2) is 95.6 Å². The number of para-hydroxylation sites is 1. The molecule has 0 bridgehead atoms. The molecule has 4 rings (SSSR count). The summed E-state index contributed by atoms with van der Waals surface area (Å²) in [5.41, 5.74) is 4.78. The normalized spacial score (nSPS) is 15.1. The van der Waals surface area contributed by atoms with Crippen LogP contribution in [0.5, 0.6) is 0 Å². The first-order valence-corrected chi connectivity index (χ1v) is 8.13. The Morgan fingerprint density at radius 1 is 0.760 bits per heavy atom. The van der Waals surface area contributed by atoms with Gasteiger partial charge in [0.2, 0.25) is 0 Å². The molecule has 0 fully saturated rings. The molecular weight excluding hydrogens is 308 g/mol. The van der Waals surface area contributed by atoms with Crippen LogP contribution in [0.4, 0.5) is 5.69 Å². The maximum atomic E-state index is 12.7. The van der Waals surface area contributed by atoms with Crippen molar-refractivity contribution in [2.24, 2.45) is 4.99 Å². The number of rotatable bonds is 2. The van der Waals surface area contributed by atoms with Gasteiger partial charge in [-0.15, -0.1) is 0 Å². The van der Waals surface area contributed by atoms with Crippen molar-refractivity contribution in [1.82, 2.24) is 0 Å². The van der Waals surface area contributed by atoms with E-state index < -0.39 is 0 Å². The highest BCUT2D eigenvalue weighted by Crippen LogP contribution is 2.25. The van der Waals surface area contributed by atoms with E-state index in [0.717, 1.165) is 28.1 Å². The molecule has 0 atom stereocenters. The van der Waals surface area contributed by atoms with Crippen LogP contribution in [0.25, 0.3) is 6.08 Å². The van der Waals surface area contributed by atoms with Gasteiger partial charge in [-0.2, -0.15) is 0 Å². The van der Waals surface area contributed by atoms with E-state index in [4.69, 9.17) is 4.99 Å². The Morgan fingerprint density at radius 3 is 2.16 bits per heavy atom. The van der Waals surface area contributed by atoms with E-state index in [1.165, 1.54) is 0 Å². The Kier molecular flexibility index (Phi) is 3.97. The summed E-state index contributed by atoms with van der Waals surface area (Å²) in [4.78, 5) is 17.4. The molecule has 1 amide bonds. The molecule has 3 heteroatoms. The van der Waals surface area contributed by atoms with Gasteiger partial charge >= 0.3 is 0 Å². The number of amides is 1. The largest absolute Gasteiger partial charge is 0.320 e. The third-order valence-electron chi connectivity index (χ3n) is 4.05. The number of aliphatic imine (C=N–C) groups is 1. The van der Waals surface area contributed by atoms with Crippen molar-refractivity contribution in [2.75, 3.05) is 5.32 Å². The summed E-state index contributed by atoms with van der Waals surface area (Å²) in [6.45, 7) is 0. The predicted octanol–water partition coefficient (Wildman–Crippen LogP) is 4.52. The van der Waals surface area contributed by atoms with Crippen LogP contribution in [-0.2, 0) is 4.79 Å². The van der Waals surface area contributed by atoms with E-state index in [2.05, 4.69) is 5.32 Å². The molecule has 3 aromatic rings. The highest BCUT2D eigenvalue weighted by molar-refractivity contribution is 6.22. The maximum absolute atomic E-state index is 12.7. The van der Waals surface area contributed by atoms with Crippen LogP contribution < -0.4 is 5.32 Å². The Balaban J connectivity index is 1.91. The standard InChI is InChI=1S/C22H16N2O/c25-22-20(15-16-9-3-1-4-10-16)23-21(17-11-5-2-6-12-17)18-13-7-8-14-19(18)24-22/h1-15H,(H,24,25)/b20-15+. The van der Waals surface area contributed by atoms with E-state index >= 15 is 0 Å². The first-order valence-electron chi connectivity index (χ1n) is 8.13. The van der Waals surface area contributed by atoms with Gasteiger partial charge in [0.25, 0.3) is 5.91 Å². The van der Waals surface area contributed by atoms with Crippen LogP contribution in [0.2, 0.25) is 0 Å². The van der Waals surface area contributed by atoms with E-state index in [-0.39, 0.29) is 5.91 Å². The van der Waals surface area contributed by atoms with Crippen molar-refractivity contribution in [3.63, 3.8) is 0 Å². The minimum Gasteiger partial charge on any atom is -0.320 e. The second kappa shape index (κ2) is 6.57. The summed E-state index contributed by atoms with van der Waals surface area (Å²) >= 11 is 0. The molecule has 1 aliphatic heterocycles. The fourth-order valence-electron chi connectivity index (χ4n) is 2.84. The Bertz CT molecular complexity index is 973. The second-order valence-corrected chi connectivity index (χ2v) is 5.77. The number of benzodiazepines with no additional fused rings is 1. The molecule has 0 aromatic heterocycles. The summed E-state index contributed by atoms with van der Waals surface area (Å²) in [6.07, 6.45) is 1.81. The van der Waals surface area contributed by atoms with Crippen molar-refractivity contribution in [3.8, 4) is 0 Å². The van der Waals surface area contributed by atoms with Crippen LogP contribution in [0.3, 0.4) is 0 Å². The summed E-state index contributed by atoms with van der Waals surface area (Å²) in [6, 6.07) is 27.4. The van der Waals surface area contributed by atoms with E-state index in [0.29, 0.717) is 5.70 Å². The molecule has 0 saturated carbocycles. The molecule has 3 nitrogen and oxygen atoms in total. The van der Waals surface area contributed by atoms with E-state index in [1.807, 2.05) is 91.0 Å². The number of anilines is 1. The zero-order valence-electron chi connectivity index (χ0n) is 13.5. The first-order chi connectivity index (χ1) is 12.3. The number of hydrogen-bond acceptors (Lipinski definition) is 2. The lowest BCUT2D eigenvalue weighted by Gasteiger charge is -2.08. The fourth-order valence-corrected chi connectivity index (χ4v) is 2.84.